The average molecular weight is 260 g/mol. The normalized spacial score (nSPS) is 18.1. The highest BCUT2D eigenvalue weighted by Crippen LogP contribution is 2.14. The molecule has 1 heterocycles. The first-order valence-corrected chi connectivity index (χ1v) is 8.01. The second-order valence-electron chi connectivity index (χ2n) is 4.54. The fraction of sp³-hybridized carbons (Fsp3) is 0.833. The van der Waals surface area contributed by atoms with E-state index in [1.807, 2.05) is 6.08 Å². The molecule has 100 valence electrons. The Kier molecular flexibility index (Phi) is 6.16. The van der Waals surface area contributed by atoms with Crippen LogP contribution in [0.2, 0.25) is 0 Å². The summed E-state index contributed by atoms with van der Waals surface area (Å²) >= 11 is 0. The minimum atomic E-state index is -3.03. The molecule has 0 aromatic heterocycles. The third-order valence-corrected chi connectivity index (χ3v) is 4.97. The number of nitrogens with zero attached hydrogens (tertiary/aromatic N) is 1. The molecule has 0 aromatic rings. The Balaban J connectivity index is 2.31. The Hall–Kier alpha value is -0.390. The first-order valence-electron chi connectivity index (χ1n) is 6.40. The monoisotopic (exact) mass is 260 g/mol. The predicted molar refractivity (Wildman–Crippen MR) is 71.5 cm³/mol. The van der Waals surface area contributed by atoms with Crippen molar-refractivity contribution < 1.29 is 8.42 Å². The van der Waals surface area contributed by atoms with E-state index in [1.165, 1.54) is 5.57 Å². The van der Waals surface area contributed by atoms with Crippen LogP contribution in [-0.4, -0.2) is 44.7 Å². The van der Waals surface area contributed by atoms with Gasteiger partial charge in [-0.1, -0.05) is 18.6 Å². The van der Waals surface area contributed by atoms with Crippen molar-refractivity contribution in [2.24, 2.45) is 0 Å². The molecule has 0 fully saturated rings. The summed E-state index contributed by atoms with van der Waals surface area (Å²) < 4.78 is 25.6. The Labute approximate surface area is 105 Å². The molecule has 0 amide bonds. The van der Waals surface area contributed by atoms with Crippen molar-refractivity contribution in [1.29, 1.82) is 0 Å². The Morgan fingerprint density at radius 3 is 2.76 bits per heavy atom. The average Bonchev–Trinajstić information content (AvgIpc) is 2.29. The summed E-state index contributed by atoms with van der Waals surface area (Å²) in [5, 5.41) is 3.20. The maximum Gasteiger partial charge on any atom is 0.214 e. The zero-order valence-corrected chi connectivity index (χ0v) is 11.7. The third kappa shape index (κ3) is 5.19. The van der Waals surface area contributed by atoms with Gasteiger partial charge in [-0.3, -0.25) is 0 Å². The number of hydrogen-bond donors (Lipinski definition) is 1. The van der Waals surface area contributed by atoms with E-state index in [-0.39, 0.29) is 5.75 Å². The lowest BCUT2D eigenvalue weighted by Gasteiger charge is -2.24. The summed E-state index contributed by atoms with van der Waals surface area (Å²) in [5.74, 6) is 0.283. The van der Waals surface area contributed by atoms with Crippen LogP contribution in [0.5, 0.6) is 0 Å². The predicted octanol–water partition coefficient (Wildman–Crippen LogP) is 1.36. The standard InChI is InChI=1S/C12H24N2O2S/c1-3-13-8-4-5-11-17(15,16)14-9-6-12(2)7-10-14/h6,13H,3-5,7-11H2,1-2H3. The number of unbranched alkanes of at least 4 members (excludes halogenated alkanes) is 1. The number of nitrogens with one attached hydrogen (secondary N) is 1. The van der Waals surface area contributed by atoms with Gasteiger partial charge in [-0.2, -0.15) is 4.31 Å². The molecule has 0 atom stereocenters. The lowest BCUT2D eigenvalue weighted by molar-refractivity contribution is 0.430. The second-order valence-corrected chi connectivity index (χ2v) is 6.62. The van der Waals surface area contributed by atoms with Crippen molar-refractivity contribution in [2.45, 2.75) is 33.1 Å². The minimum absolute atomic E-state index is 0.283. The Bertz CT molecular complexity index is 350. The molecule has 1 aliphatic rings. The molecule has 0 saturated heterocycles. The van der Waals surface area contributed by atoms with Crippen LogP contribution < -0.4 is 5.32 Å². The Morgan fingerprint density at radius 2 is 2.18 bits per heavy atom. The Morgan fingerprint density at radius 1 is 1.41 bits per heavy atom. The van der Waals surface area contributed by atoms with E-state index in [2.05, 4.69) is 19.2 Å². The van der Waals surface area contributed by atoms with Gasteiger partial charge in [0.25, 0.3) is 0 Å². The fourth-order valence-corrected chi connectivity index (χ4v) is 3.34. The lowest BCUT2D eigenvalue weighted by atomic mass is 10.1. The van der Waals surface area contributed by atoms with Crippen LogP contribution >= 0.6 is 0 Å². The maximum atomic E-state index is 12.0. The molecule has 0 aliphatic carbocycles. The molecule has 1 N–H and O–H groups in total. The number of rotatable bonds is 7. The molecule has 0 spiro atoms. The summed E-state index contributed by atoms with van der Waals surface area (Å²) in [6.45, 7) is 7.17. The molecule has 1 rings (SSSR count). The summed E-state index contributed by atoms with van der Waals surface area (Å²) in [6, 6.07) is 0. The molecule has 0 aromatic carbocycles. The van der Waals surface area contributed by atoms with E-state index >= 15 is 0 Å². The van der Waals surface area contributed by atoms with Crippen molar-refractivity contribution in [1.82, 2.24) is 9.62 Å². The summed E-state index contributed by atoms with van der Waals surface area (Å²) in [6.07, 6.45) is 4.56. The highest BCUT2D eigenvalue weighted by molar-refractivity contribution is 7.89. The molecular weight excluding hydrogens is 236 g/mol. The minimum Gasteiger partial charge on any atom is -0.317 e. The van der Waals surface area contributed by atoms with Gasteiger partial charge in [-0.15, -0.1) is 0 Å². The van der Waals surface area contributed by atoms with Gasteiger partial charge >= 0.3 is 0 Å². The van der Waals surface area contributed by atoms with Gasteiger partial charge in [-0.25, -0.2) is 8.42 Å². The molecule has 4 nitrogen and oxygen atoms in total. The largest absolute Gasteiger partial charge is 0.317 e. The van der Waals surface area contributed by atoms with Crippen molar-refractivity contribution in [3.8, 4) is 0 Å². The van der Waals surface area contributed by atoms with Gasteiger partial charge in [0, 0.05) is 13.1 Å². The van der Waals surface area contributed by atoms with Gasteiger partial charge in [0.1, 0.15) is 0 Å². The lowest BCUT2D eigenvalue weighted by Crippen LogP contribution is -2.36. The first-order chi connectivity index (χ1) is 8.06. The zero-order chi connectivity index (χ0) is 12.7. The summed E-state index contributed by atoms with van der Waals surface area (Å²) in [5.41, 5.74) is 1.29. The van der Waals surface area contributed by atoms with Crippen molar-refractivity contribution in [3.63, 3.8) is 0 Å². The van der Waals surface area contributed by atoms with Crippen LogP contribution in [0.4, 0.5) is 0 Å². The van der Waals surface area contributed by atoms with Gasteiger partial charge in [0.15, 0.2) is 0 Å². The fourth-order valence-electron chi connectivity index (χ4n) is 1.85. The highest BCUT2D eigenvalue weighted by Gasteiger charge is 2.22. The smallest absolute Gasteiger partial charge is 0.214 e. The molecule has 17 heavy (non-hydrogen) atoms. The molecule has 5 heteroatoms. The van der Waals surface area contributed by atoms with Gasteiger partial charge in [0.05, 0.1) is 5.75 Å². The van der Waals surface area contributed by atoms with Crippen molar-refractivity contribution in [3.05, 3.63) is 11.6 Å². The second kappa shape index (κ2) is 7.13. The maximum absolute atomic E-state index is 12.0. The van der Waals surface area contributed by atoms with E-state index in [0.29, 0.717) is 13.1 Å². The van der Waals surface area contributed by atoms with E-state index in [4.69, 9.17) is 0 Å². The van der Waals surface area contributed by atoms with Gasteiger partial charge in [-0.05, 0) is 39.3 Å². The number of hydrogen-bond acceptors (Lipinski definition) is 3. The first kappa shape index (κ1) is 14.7. The van der Waals surface area contributed by atoms with E-state index in [1.54, 1.807) is 4.31 Å². The quantitative estimate of drug-likeness (QED) is 0.555. The third-order valence-electron chi connectivity index (χ3n) is 3.05. The molecule has 0 radical (unpaired) electrons. The van der Waals surface area contributed by atoms with Crippen LogP contribution in [0.1, 0.15) is 33.1 Å². The summed E-state index contributed by atoms with van der Waals surface area (Å²) in [4.78, 5) is 0. The van der Waals surface area contributed by atoms with Crippen molar-refractivity contribution in [2.75, 3.05) is 31.9 Å². The van der Waals surface area contributed by atoms with Crippen LogP contribution in [0.25, 0.3) is 0 Å². The topological polar surface area (TPSA) is 49.4 Å². The van der Waals surface area contributed by atoms with E-state index in [0.717, 1.165) is 32.4 Å². The van der Waals surface area contributed by atoms with E-state index < -0.39 is 10.0 Å². The van der Waals surface area contributed by atoms with Gasteiger partial charge < -0.3 is 5.32 Å². The SMILES string of the molecule is CCNCCCCS(=O)(=O)N1CC=C(C)CC1. The molecule has 0 bridgehead atoms. The van der Waals surface area contributed by atoms with E-state index in [9.17, 15) is 8.42 Å². The highest BCUT2D eigenvalue weighted by atomic mass is 32.2. The van der Waals surface area contributed by atoms with Crippen LogP contribution in [-0.2, 0) is 10.0 Å². The summed E-state index contributed by atoms with van der Waals surface area (Å²) in [7, 11) is -3.03. The van der Waals surface area contributed by atoms with Crippen LogP contribution in [0.3, 0.4) is 0 Å². The van der Waals surface area contributed by atoms with Crippen molar-refractivity contribution >= 4 is 10.0 Å². The molecule has 0 unspecified atom stereocenters. The molecule has 1 aliphatic heterocycles. The zero-order valence-electron chi connectivity index (χ0n) is 10.9. The van der Waals surface area contributed by atoms with Crippen LogP contribution in [0.15, 0.2) is 11.6 Å². The van der Waals surface area contributed by atoms with Crippen LogP contribution in [0, 0.1) is 0 Å². The molecular formula is C12H24N2O2S. The molecule has 0 saturated carbocycles. The number of sulfonamides is 1. The van der Waals surface area contributed by atoms with Gasteiger partial charge in [0.2, 0.25) is 10.0 Å².